The number of sulfonamides is 1. The lowest BCUT2D eigenvalue weighted by Crippen LogP contribution is -2.45. The van der Waals surface area contributed by atoms with E-state index in [2.05, 4.69) is 4.98 Å². The highest BCUT2D eigenvalue weighted by molar-refractivity contribution is 7.89. The highest BCUT2D eigenvalue weighted by atomic mass is 35.5. The van der Waals surface area contributed by atoms with Crippen molar-refractivity contribution in [2.45, 2.75) is 23.9 Å². The fourth-order valence-electron chi connectivity index (χ4n) is 4.74. The van der Waals surface area contributed by atoms with E-state index in [1.165, 1.54) is 48.5 Å². The fraction of sp³-hybridized carbons (Fsp3) is 0.100. The quantitative estimate of drug-likeness (QED) is 0.222. The normalized spacial score (nSPS) is 15.8. The van der Waals surface area contributed by atoms with Gasteiger partial charge in [0.2, 0.25) is 21.8 Å². The van der Waals surface area contributed by atoms with Crippen LogP contribution in [0.1, 0.15) is 12.0 Å². The molecule has 1 aliphatic rings. The maximum absolute atomic E-state index is 13.8. The number of imide groups is 1. The summed E-state index contributed by atoms with van der Waals surface area (Å²) in [6.45, 7) is -0.251. The van der Waals surface area contributed by atoms with Gasteiger partial charge in [-0.3, -0.25) is 9.59 Å². The number of halogens is 2. The Kier molecular flexibility index (Phi) is 6.90. The van der Waals surface area contributed by atoms with Gasteiger partial charge in [-0.15, -0.1) is 0 Å². The Morgan fingerprint density at radius 1 is 0.927 bits per heavy atom. The second-order valence-electron chi connectivity index (χ2n) is 9.45. The highest BCUT2D eigenvalue weighted by Crippen LogP contribution is 2.33. The molecule has 1 saturated heterocycles. The molecular formula is C30H21ClFN3O5S. The van der Waals surface area contributed by atoms with Crippen molar-refractivity contribution in [3.05, 3.63) is 113 Å². The van der Waals surface area contributed by atoms with E-state index in [9.17, 15) is 22.4 Å². The Bertz CT molecular complexity index is 1840. The lowest BCUT2D eigenvalue weighted by molar-refractivity contribution is -0.122. The van der Waals surface area contributed by atoms with Crippen LogP contribution < -0.4 is 4.90 Å². The maximum Gasteiger partial charge on any atom is 0.252 e. The molecular weight excluding hydrogens is 569 g/mol. The summed E-state index contributed by atoms with van der Waals surface area (Å²) < 4.78 is 47.9. The molecule has 1 unspecified atom stereocenters. The van der Waals surface area contributed by atoms with Crippen LogP contribution in [-0.2, 0) is 26.2 Å². The van der Waals surface area contributed by atoms with Gasteiger partial charge in [0.1, 0.15) is 17.4 Å². The van der Waals surface area contributed by atoms with Crippen LogP contribution in [0.15, 0.2) is 106 Å². The first kappa shape index (κ1) is 26.8. The highest BCUT2D eigenvalue weighted by Gasteiger charge is 2.47. The van der Waals surface area contributed by atoms with E-state index in [0.717, 1.165) is 9.21 Å². The van der Waals surface area contributed by atoms with E-state index in [1.807, 2.05) is 18.2 Å². The van der Waals surface area contributed by atoms with E-state index in [4.69, 9.17) is 16.0 Å². The predicted octanol–water partition coefficient (Wildman–Crippen LogP) is 5.81. The third-order valence-corrected chi connectivity index (χ3v) is 8.93. The number of aromatic nitrogens is 1. The molecule has 11 heteroatoms. The van der Waals surface area contributed by atoms with E-state index in [-0.39, 0.29) is 23.5 Å². The van der Waals surface area contributed by atoms with Gasteiger partial charge >= 0.3 is 0 Å². The zero-order valence-electron chi connectivity index (χ0n) is 21.3. The summed E-state index contributed by atoms with van der Waals surface area (Å²) >= 11 is 5.95. The summed E-state index contributed by atoms with van der Waals surface area (Å²) in [6, 6.07) is 23.3. The van der Waals surface area contributed by atoms with Gasteiger partial charge in [0.05, 0.1) is 17.0 Å². The smallest absolute Gasteiger partial charge is 0.252 e. The molecule has 0 N–H and O–H groups in total. The molecule has 0 bridgehead atoms. The van der Waals surface area contributed by atoms with Gasteiger partial charge in [-0.25, -0.2) is 22.7 Å². The first-order valence-corrected chi connectivity index (χ1v) is 14.4. The molecule has 0 saturated carbocycles. The van der Waals surface area contributed by atoms with Crippen molar-refractivity contribution in [2.24, 2.45) is 0 Å². The summed E-state index contributed by atoms with van der Waals surface area (Å²) in [5.41, 5.74) is 2.70. The largest absolute Gasteiger partial charge is 0.436 e. The maximum atomic E-state index is 13.8. The topological polar surface area (TPSA) is 101 Å². The van der Waals surface area contributed by atoms with Gasteiger partial charge in [0, 0.05) is 17.1 Å². The molecule has 0 spiro atoms. The SMILES string of the molecule is O=C1CC(N(Cc2ccc(F)cc2)S(=O)(=O)c2ccc(Cl)cc2)C(=O)N1c1ccc(-c2nc3ccccc3o2)cc1. The molecule has 4 aromatic carbocycles. The van der Waals surface area contributed by atoms with Crippen LogP contribution in [-0.4, -0.2) is 35.6 Å². The van der Waals surface area contributed by atoms with Gasteiger partial charge in [-0.2, -0.15) is 4.31 Å². The number of para-hydroxylation sites is 2. The molecule has 1 aromatic heterocycles. The molecule has 1 atom stereocenters. The van der Waals surface area contributed by atoms with Crippen LogP contribution in [0.4, 0.5) is 10.1 Å². The van der Waals surface area contributed by atoms with Crippen LogP contribution in [0.5, 0.6) is 0 Å². The number of nitrogens with zero attached hydrogens (tertiary/aromatic N) is 3. The number of carbonyl (C=O) groups excluding carboxylic acids is 2. The third-order valence-electron chi connectivity index (χ3n) is 6.81. The molecule has 0 aliphatic carbocycles. The van der Waals surface area contributed by atoms with E-state index in [1.54, 1.807) is 30.3 Å². The number of rotatable bonds is 7. The molecule has 5 aromatic rings. The van der Waals surface area contributed by atoms with E-state index >= 15 is 0 Å². The zero-order valence-corrected chi connectivity index (χ0v) is 22.8. The Morgan fingerprint density at radius 3 is 2.29 bits per heavy atom. The van der Waals surface area contributed by atoms with Gasteiger partial charge in [-0.1, -0.05) is 35.9 Å². The lowest BCUT2D eigenvalue weighted by Gasteiger charge is -2.27. The molecule has 2 heterocycles. The molecule has 6 rings (SSSR count). The van der Waals surface area contributed by atoms with E-state index in [0.29, 0.717) is 33.1 Å². The van der Waals surface area contributed by atoms with Crippen molar-refractivity contribution in [1.82, 2.24) is 9.29 Å². The predicted molar refractivity (Wildman–Crippen MR) is 151 cm³/mol. The lowest BCUT2D eigenvalue weighted by atomic mass is 10.2. The molecule has 8 nitrogen and oxygen atoms in total. The van der Waals surface area contributed by atoms with Crippen molar-refractivity contribution in [3.8, 4) is 11.5 Å². The summed E-state index contributed by atoms with van der Waals surface area (Å²) in [7, 11) is -4.27. The minimum atomic E-state index is -4.27. The number of hydrogen-bond donors (Lipinski definition) is 0. The standard InChI is InChI=1S/C30H21ClFN3O5S/c31-21-9-15-24(16-10-21)41(38,39)34(18-19-5-11-22(32)12-6-19)26-17-28(36)35(30(26)37)23-13-7-20(8-14-23)29-33-25-3-1-2-4-27(25)40-29/h1-16,26H,17-18H2. The zero-order chi connectivity index (χ0) is 28.7. The summed E-state index contributed by atoms with van der Waals surface area (Å²) in [4.78, 5) is 32.2. The first-order valence-electron chi connectivity index (χ1n) is 12.6. The summed E-state index contributed by atoms with van der Waals surface area (Å²) in [5.74, 6) is -1.34. The minimum Gasteiger partial charge on any atom is -0.436 e. The van der Waals surface area contributed by atoms with Crippen LogP contribution >= 0.6 is 11.6 Å². The average molecular weight is 590 g/mol. The van der Waals surface area contributed by atoms with E-state index < -0.39 is 33.7 Å². The molecule has 1 fully saturated rings. The number of oxazole rings is 1. The number of carbonyl (C=O) groups is 2. The number of amides is 2. The number of benzene rings is 4. The van der Waals surface area contributed by atoms with Gasteiger partial charge in [0.15, 0.2) is 5.58 Å². The third kappa shape index (κ3) is 5.13. The monoisotopic (exact) mass is 589 g/mol. The fourth-order valence-corrected chi connectivity index (χ4v) is 6.43. The molecule has 206 valence electrons. The number of hydrogen-bond acceptors (Lipinski definition) is 6. The molecule has 41 heavy (non-hydrogen) atoms. The second-order valence-corrected chi connectivity index (χ2v) is 11.8. The summed E-state index contributed by atoms with van der Waals surface area (Å²) in [5, 5.41) is 0.341. The summed E-state index contributed by atoms with van der Waals surface area (Å²) in [6.07, 6.45) is -0.361. The van der Waals surface area contributed by atoms with Gasteiger partial charge in [0.25, 0.3) is 5.91 Å². The number of anilines is 1. The van der Waals surface area contributed by atoms with Crippen molar-refractivity contribution in [2.75, 3.05) is 4.90 Å². The Balaban J connectivity index is 1.32. The van der Waals surface area contributed by atoms with Crippen LogP contribution in [0.2, 0.25) is 5.02 Å². The molecule has 1 aliphatic heterocycles. The van der Waals surface area contributed by atoms with Crippen LogP contribution in [0.25, 0.3) is 22.6 Å². The van der Waals surface area contributed by atoms with Crippen LogP contribution in [0, 0.1) is 5.82 Å². The number of fused-ring (bicyclic) bond motifs is 1. The average Bonchev–Trinajstić information content (AvgIpc) is 3.53. The van der Waals surface area contributed by atoms with Crippen LogP contribution in [0.3, 0.4) is 0 Å². The van der Waals surface area contributed by atoms with Gasteiger partial charge in [-0.05, 0) is 78.4 Å². The Hall–Kier alpha value is -4.38. The minimum absolute atomic E-state index is 0.0922. The second kappa shape index (κ2) is 10.5. The van der Waals surface area contributed by atoms with Crippen molar-refractivity contribution in [3.63, 3.8) is 0 Å². The Labute approximate surface area is 239 Å². The van der Waals surface area contributed by atoms with Gasteiger partial charge < -0.3 is 4.42 Å². The van der Waals surface area contributed by atoms with Crippen molar-refractivity contribution >= 4 is 50.2 Å². The Morgan fingerprint density at radius 2 is 1.61 bits per heavy atom. The van der Waals surface area contributed by atoms with Crippen molar-refractivity contribution < 1.29 is 26.8 Å². The molecule has 0 radical (unpaired) electrons. The molecule has 2 amide bonds. The first-order chi connectivity index (χ1) is 19.7. The van der Waals surface area contributed by atoms with Crippen molar-refractivity contribution in [1.29, 1.82) is 0 Å².